The summed E-state index contributed by atoms with van der Waals surface area (Å²) < 4.78 is 38.2. The molecule has 0 fully saturated rings. The molecule has 5 heteroatoms. The number of alkyl halides is 1. The molecule has 0 bridgehead atoms. The zero-order chi connectivity index (χ0) is 10.7. The van der Waals surface area contributed by atoms with Gasteiger partial charge in [-0.05, 0) is 6.07 Å². The van der Waals surface area contributed by atoms with Crippen LogP contribution in [0.1, 0.15) is 17.4 Å². The third kappa shape index (κ3) is 2.18. The maximum absolute atomic E-state index is 13.0. The first-order valence-electron chi connectivity index (χ1n) is 3.71. The second kappa shape index (κ2) is 4.34. The van der Waals surface area contributed by atoms with Crippen LogP contribution in [0, 0.1) is 28.8 Å². The smallest absolute Gasteiger partial charge is 0.161 e. The van der Waals surface area contributed by atoms with Gasteiger partial charge in [0.05, 0.1) is 17.9 Å². The molecule has 14 heavy (non-hydrogen) atoms. The fourth-order valence-electron chi connectivity index (χ4n) is 0.968. The highest BCUT2D eigenvalue weighted by molar-refractivity contribution is 6.20. The lowest BCUT2D eigenvalue weighted by molar-refractivity contribution is 0.489. The topological polar surface area (TPSA) is 23.8 Å². The number of benzene rings is 1. The number of halogens is 4. The zero-order valence-corrected chi connectivity index (χ0v) is 7.65. The fourth-order valence-corrected chi connectivity index (χ4v) is 1.20. The van der Waals surface area contributed by atoms with Gasteiger partial charge in [-0.1, -0.05) is 0 Å². The number of rotatable bonds is 2. The maximum atomic E-state index is 13.0. The summed E-state index contributed by atoms with van der Waals surface area (Å²) in [5, 5.41) is 7.33. The summed E-state index contributed by atoms with van der Waals surface area (Å²) in [6.07, 6.45) is -0.163. The van der Waals surface area contributed by atoms with Gasteiger partial charge in [-0.25, -0.2) is 13.2 Å². The molecule has 1 rings (SSSR count). The van der Waals surface area contributed by atoms with E-state index in [9.17, 15) is 13.2 Å². The van der Waals surface area contributed by atoms with Gasteiger partial charge < -0.3 is 0 Å². The van der Waals surface area contributed by atoms with Gasteiger partial charge >= 0.3 is 0 Å². The molecule has 0 heterocycles. The largest absolute Gasteiger partial charge is 0.207 e. The number of hydrogen-bond donors (Lipinski definition) is 0. The molecule has 0 aromatic heterocycles. The monoisotopic (exact) mass is 219 g/mol. The molecule has 0 aliphatic rings. The summed E-state index contributed by atoms with van der Waals surface area (Å²) in [7, 11) is 0. The van der Waals surface area contributed by atoms with Gasteiger partial charge in [0.15, 0.2) is 11.6 Å². The van der Waals surface area contributed by atoms with Crippen molar-refractivity contribution in [3.63, 3.8) is 0 Å². The van der Waals surface area contributed by atoms with E-state index < -0.39 is 22.8 Å². The first-order valence-corrected chi connectivity index (χ1v) is 4.15. The molecule has 1 aromatic rings. The van der Waals surface area contributed by atoms with E-state index in [-0.39, 0.29) is 12.0 Å². The van der Waals surface area contributed by atoms with Gasteiger partial charge in [0.2, 0.25) is 0 Å². The van der Waals surface area contributed by atoms with E-state index in [1.54, 1.807) is 6.07 Å². The molecule has 1 unspecified atom stereocenters. The SMILES string of the molecule is N#CCC(Cl)c1cc(F)c(F)cc1F. The molecule has 0 saturated carbocycles. The Labute approximate surface area is 83.7 Å². The van der Waals surface area contributed by atoms with Crippen molar-refractivity contribution in [2.45, 2.75) is 11.8 Å². The van der Waals surface area contributed by atoms with Crippen LogP contribution in [0.5, 0.6) is 0 Å². The molecule has 0 aliphatic carbocycles. The van der Waals surface area contributed by atoms with Crippen molar-refractivity contribution in [3.05, 3.63) is 35.1 Å². The molecule has 0 amide bonds. The van der Waals surface area contributed by atoms with Crippen LogP contribution >= 0.6 is 11.6 Å². The third-order valence-corrected chi connectivity index (χ3v) is 2.04. The highest BCUT2D eigenvalue weighted by Gasteiger charge is 2.16. The van der Waals surface area contributed by atoms with E-state index in [4.69, 9.17) is 16.9 Å². The van der Waals surface area contributed by atoms with Gasteiger partial charge in [-0.15, -0.1) is 11.6 Å². The van der Waals surface area contributed by atoms with Crippen LogP contribution in [0.3, 0.4) is 0 Å². The van der Waals surface area contributed by atoms with Crippen LogP contribution < -0.4 is 0 Å². The second-order valence-corrected chi connectivity index (χ2v) is 3.14. The summed E-state index contributed by atoms with van der Waals surface area (Å²) in [6.45, 7) is 0. The minimum atomic E-state index is -1.27. The Morgan fingerprint density at radius 2 is 1.79 bits per heavy atom. The predicted molar refractivity (Wildman–Crippen MR) is 45.1 cm³/mol. The first kappa shape index (κ1) is 10.9. The summed E-state index contributed by atoms with van der Waals surface area (Å²) in [6, 6.07) is 2.79. The molecular formula is C9H5ClF3N. The standard InChI is InChI=1S/C9H5ClF3N/c10-6(1-2-14)5-3-8(12)9(13)4-7(5)11/h3-4,6H,1H2. The molecule has 0 spiro atoms. The predicted octanol–water partition coefficient (Wildman–Crippen LogP) is 3.30. The van der Waals surface area contributed by atoms with Gasteiger partial charge in [0.1, 0.15) is 5.82 Å². The lowest BCUT2D eigenvalue weighted by Crippen LogP contribution is -1.98. The van der Waals surface area contributed by atoms with Gasteiger partial charge in [-0.2, -0.15) is 5.26 Å². The lowest BCUT2D eigenvalue weighted by atomic mass is 10.1. The van der Waals surface area contributed by atoms with Gasteiger partial charge in [0, 0.05) is 11.6 Å². The summed E-state index contributed by atoms with van der Waals surface area (Å²) in [5.41, 5.74) is -0.202. The molecule has 74 valence electrons. The Kier molecular flexibility index (Phi) is 3.37. The van der Waals surface area contributed by atoms with Crippen LogP contribution in [0.25, 0.3) is 0 Å². The average Bonchev–Trinajstić information content (AvgIpc) is 2.11. The Hall–Kier alpha value is -1.21. The summed E-state index contributed by atoms with van der Waals surface area (Å²) >= 11 is 5.58. The molecule has 0 aliphatic heterocycles. The van der Waals surface area contributed by atoms with Crippen LogP contribution in [-0.4, -0.2) is 0 Å². The maximum Gasteiger partial charge on any atom is 0.161 e. The number of nitrogens with zero attached hydrogens (tertiary/aromatic N) is 1. The van der Waals surface area contributed by atoms with Crippen LogP contribution in [0.2, 0.25) is 0 Å². The van der Waals surface area contributed by atoms with Gasteiger partial charge in [0.25, 0.3) is 0 Å². The molecule has 1 atom stereocenters. The molecule has 0 N–H and O–H groups in total. The zero-order valence-electron chi connectivity index (χ0n) is 6.90. The van der Waals surface area contributed by atoms with E-state index in [0.717, 1.165) is 0 Å². The first-order chi connectivity index (χ1) is 6.56. The van der Waals surface area contributed by atoms with Crippen LogP contribution in [-0.2, 0) is 0 Å². The normalized spacial score (nSPS) is 12.2. The Balaban J connectivity index is 3.10. The van der Waals surface area contributed by atoms with Crippen molar-refractivity contribution in [3.8, 4) is 6.07 Å². The van der Waals surface area contributed by atoms with Gasteiger partial charge in [-0.3, -0.25) is 0 Å². The van der Waals surface area contributed by atoms with Crippen molar-refractivity contribution in [2.24, 2.45) is 0 Å². The molecule has 1 nitrogen and oxygen atoms in total. The minimum absolute atomic E-state index is 0.163. The lowest BCUT2D eigenvalue weighted by Gasteiger charge is -2.07. The van der Waals surface area contributed by atoms with E-state index in [1.165, 1.54) is 0 Å². The van der Waals surface area contributed by atoms with Crippen molar-refractivity contribution < 1.29 is 13.2 Å². The van der Waals surface area contributed by atoms with E-state index in [0.29, 0.717) is 12.1 Å². The number of nitriles is 1. The van der Waals surface area contributed by atoms with Crippen LogP contribution in [0.15, 0.2) is 12.1 Å². The highest BCUT2D eigenvalue weighted by atomic mass is 35.5. The highest BCUT2D eigenvalue weighted by Crippen LogP contribution is 2.27. The van der Waals surface area contributed by atoms with Crippen molar-refractivity contribution in [2.75, 3.05) is 0 Å². The van der Waals surface area contributed by atoms with Crippen molar-refractivity contribution >= 4 is 11.6 Å². The van der Waals surface area contributed by atoms with E-state index in [1.807, 2.05) is 0 Å². The summed E-state index contributed by atoms with van der Waals surface area (Å²) in [4.78, 5) is 0. The molecule has 0 saturated heterocycles. The second-order valence-electron chi connectivity index (χ2n) is 2.62. The Bertz CT molecular complexity index is 386. The molecule has 0 radical (unpaired) electrons. The number of hydrogen-bond acceptors (Lipinski definition) is 1. The average molecular weight is 220 g/mol. The van der Waals surface area contributed by atoms with Crippen LogP contribution in [0.4, 0.5) is 13.2 Å². The van der Waals surface area contributed by atoms with Crippen molar-refractivity contribution in [1.29, 1.82) is 5.26 Å². The summed E-state index contributed by atoms with van der Waals surface area (Å²) in [5.74, 6) is -3.39. The third-order valence-electron chi connectivity index (χ3n) is 1.65. The van der Waals surface area contributed by atoms with Crippen molar-refractivity contribution in [1.82, 2.24) is 0 Å². The Morgan fingerprint density at radius 3 is 2.36 bits per heavy atom. The fraction of sp³-hybridized carbons (Fsp3) is 0.222. The Morgan fingerprint density at radius 1 is 1.21 bits per heavy atom. The van der Waals surface area contributed by atoms with E-state index >= 15 is 0 Å². The van der Waals surface area contributed by atoms with E-state index in [2.05, 4.69) is 0 Å². The molecular weight excluding hydrogens is 215 g/mol. The quantitative estimate of drug-likeness (QED) is 0.553. The molecule has 1 aromatic carbocycles. The minimum Gasteiger partial charge on any atom is -0.207 e.